The Balaban J connectivity index is 0.00000576. The molecule has 0 fully saturated rings. The van der Waals surface area contributed by atoms with Crippen LogP contribution in [0.2, 0.25) is 0 Å². The Bertz CT molecular complexity index is 522. The van der Waals surface area contributed by atoms with E-state index < -0.39 is 0 Å². The third-order valence-electron chi connectivity index (χ3n) is 3.61. The first kappa shape index (κ1) is 23.6. The van der Waals surface area contributed by atoms with Gasteiger partial charge in [-0.1, -0.05) is 45.1 Å². The average Bonchev–Trinajstić information content (AvgIpc) is 2.54. The average molecular weight is 461 g/mol. The van der Waals surface area contributed by atoms with E-state index in [9.17, 15) is 4.79 Å². The number of pyridine rings is 1. The summed E-state index contributed by atoms with van der Waals surface area (Å²) in [7, 11) is 0. The predicted octanol–water partition coefficient (Wildman–Crippen LogP) is 3.60. The van der Waals surface area contributed by atoms with Gasteiger partial charge in [0.25, 0.3) is 0 Å². The lowest BCUT2D eigenvalue weighted by Crippen LogP contribution is -2.34. The molecule has 1 aromatic heterocycles. The fourth-order valence-corrected chi connectivity index (χ4v) is 2.27. The number of anilines is 1. The lowest BCUT2D eigenvalue weighted by atomic mass is 10.1. The van der Waals surface area contributed by atoms with Gasteiger partial charge in [0.2, 0.25) is 5.91 Å². The van der Waals surface area contributed by atoms with E-state index in [-0.39, 0.29) is 29.9 Å². The molecule has 1 amide bonds. The normalized spacial score (nSPS) is 10.9. The second-order valence-electron chi connectivity index (χ2n) is 5.92. The smallest absolute Gasteiger partial charge is 0.227 e. The van der Waals surface area contributed by atoms with Crippen LogP contribution in [0.4, 0.5) is 5.82 Å². The number of amides is 1. The SMILES string of the molecule is CCCCCCCCN=C(N)NCCC(=O)Nc1cccc(C)n1.I. The van der Waals surface area contributed by atoms with Crippen molar-refractivity contribution >= 4 is 41.7 Å². The fourth-order valence-electron chi connectivity index (χ4n) is 2.27. The summed E-state index contributed by atoms with van der Waals surface area (Å²) in [6.45, 7) is 5.31. The summed E-state index contributed by atoms with van der Waals surface area (Å²) in [6, 6.07) is 5.52. The number of nitrogens with zero attached hydrogens (tertiary/aromatic N) is 2. The largest absolute Gasteiger partial charge is 0.370 e. The third kappa shape index (κ3) is 12.6. The molecule has 0 saturated carbocycles. The molecule has 4 N–H and O–H groups in total. The van der Waals surface area contributed by atoms with Crippen molar-refractivity contribution in [1.29, 1.82) is 0 Å². The van der Waals surface area contributed by atoms with E-state index in [1.165, 1.54) is 32.1 Å². The zero-order valence-electron chi connectivity index (χ0n) is 15.4. The summed E-state index contributed by atoms with van der Waals surface area (Å²) in [5.41, 5.74) is 6.66. The first-order chi connectivity index (χ1) is 11.6. The Morgan fingerprint density at radius 2 is 1.92 bits per heavy atom. The highest BCUT2D eigenvalue weighted by atomic mass is 127. The standard InChI is InChI=1S/C18H31N5O.HI/c1-3-4-5-6-7-8-13-20-18(19)21-14-12-17(24)23-16-11-9-10-15(2)22-16;/h9-11H,3-8,12-14H2,1-2H3,(H3,19,20,21)(H,22,23,24);1H. The highest BCUT2D eigenvalue weighted by molar-refractivity contribution is 14.0. The molecule has 0 atom stereocenters. The van der Waals surface area contributed by atoms with Crippen molar-refractivity contribution in [2.45, 2.75) is 58.8 Å². The van der Waals surface area contributed by atoms with Crippen LogP contribution in [-0.4, -0.2) is 29.9 Å². The molecule has 1 aromatic rings. The fraction of sp³-hybridized carbons (Fsp3) is 0.611. The van der Waals surface area contributed by atoms with Gasteiger partial charge in [-0.15, -0.1) is 24.0 Å². The predicted molar refractivity (Wildman–Crippen MR) is 116 cm³/mol. The second-order valence-corrected chi connectivity index (χ2v) is 5.92. The van der Waals surface area contributed by atoms with Crippen molar-refractivity contribution in [2.24, 2.45) is 10.7 Å². The number of nitrogens with one attached hydrogen (secondary N) is 2. The number of unbranched alkanes of at least 4 members (excludes halogenated alkanes) is 5. The number of guanidine groups is 1. The summed E-state index contributed by atoms with van der Waals surface area (Å²) in [5, 5.41) is 5.73. The summed E-state index contributed by atoms with van der Waals surface area (Å²) >= 11 is 0. The molecule has 6 nitrogen and oxygen atoms in total. The van der Waals surface area contributed by atoms with E-state index in [1.807, 2.05) is 19.1 Å². The number of rotatable bonds is 11. The van der Waals surface area contributed by atoms with Crippen LogP contribution in [0.5, 0.6) is 0 Å². The van der Waals surface area contributed by atoms with Gasteiger partial charge in [-0.2, -0.15) is 0 Å². The minimum absolute atomic E-state index is 0. The number of hydrogen-bond acceptors (Lipinski definition) is 3. The highest BCUT2D eigenvalue weighted by Crippen LogP contribution is 2.05. The number of aryl methyl sites for hydroxylation is 1. The monoisotopic (exact) mass is 461 g/mol. The molecule has 0 aliphatic carbocycles. The summed E-state index contributed by atoms with van der Waals surface area (Å²) in [6.07, 6.45) is 7.73. The molecule has 0 unspecified atom stereocenters. The van der Waals surface area contributed by atoms with Gasteiger partial charge >= 0.3 is 0 Å². The van der Waals surface area contributed by atoms with Crippen LogP contribution in [-0.2, 0) is 4.79 Å². The van der Waals surface area contributed by atoms with Crippen LogP contribution in [0.15, 0.2) is 23.2 Å². The Kier molecular flexibility index (Phi) is 14.1. The van der Waals surface area contributed by atoms with Gasteiger partial charge < -0.3 is 16.4 Å². The first-order valence-electron chi connectivity index (χ1n) is 8.89. The molecule has 0 bridgehead atoms. The Hall–Kier alpha value is -1.38. The van der Waals surface area contributed by atoms with Gasteiger partial charge in [-0.3, -0.25) is 9.79 Å². The van der Waals surface area contributed by atoms with Crippen molar-refractivity contribution in [3.63, 3.8) is 0 Å². The van der Waals surface area contributed by atoms with Gasteiger partial charge in [0, 0.05) is 25.2 Å². The maximum Gasteiger partial charge on any atom is 0.227 e. The van der Waals surface area contributed by atoms with Gasteiger partial charge in [0.15, 0.2) is 5.96 Å². The van der Waals surface area contributed by atoms with E-state index >= 15 is 0 Å². The molecule has 25 heavy (non-hydrogen) atoms. The van der Waals surface area contributed by atoms with E-state index in [1.54, 1.807) is 6.07 Å². The number of aromatic nitrogens is 1. The molecular formula is C18H32IN5O. The topological polar surface area (TPSA) is 92.4 Å². The van der Waals surface area contributed by atoms with Crippen LogP contribution in [0.1, 0.15) is 57.6 Å². The van der Waals surface area contributed by atoms with E-state index in [0.29, 0.717) is 24.7 Å². The molecule has 0 spiro atoms. The number of aliphatic imine (C=N–C) groups is 1. The second kappa shape index (κ2) is 14.9. The number of nitrogens with two attached hydrogens (primary N) is 1. The van der Waals surface area contributed by atoms with Crippen molar-refractivity contribution in [3.8, 4) is 0 Å². The Labute approximate surface area is 168 Å². The summed E-state index contributed by atoms with van der Waals surface area (Å²) in [5.74, 6) is 0.888. The number of carbonyl (C=O) groups excluding carboxylic acids is 1. The van der Waals surface area contributed by atoms with Crippen molar-refractivity contribution < 1.29 is 4.79 Å². The molecule has 7 heteroatoms. The zero-order valence-corrected chi connectivity index (χ0v) is 17.7. The molecule has 0 saturated heterocycles. The third-order valence-corrected chi connectivity index (χ3v) is 3.61. The number of hydrogen-bond donors (Lipinski definition) is 3. The molecule has 142 valence electrons. The molecule has 0 aromatic carbocycles. The number of halogens is 1. The molecule has 1 rings (SSSR count). The van der Waals surface area contributed by atoms with E-state index in [2.05, 4.69) is 27.5 Å². The van der Waals surface area contributed by atoms with Crippen LogP contribution in [0, 0.1) is 6.92 Å². The molecule has 0 aliphatic heterocycles. The summed E-state index contributed by atoms with van der Waals surface area (Å²) < 4.78 is 0. The lowest BCUT2D eigenvalue weighted by Gasteiger charge is -2.07. The van der Waals surface area contributed by atoms with Crippen molar-refractivity contribution in [3.05, 3.63) is 23.9 Å². The lowest BCUT2D eigenvalue weighted by molar-refractivity contribution is -0.116. The first-order valence-corrected chi connectivity index (χ1v) is 8.89. The zero-order chi connectivity index (χ0) is 17.6. The van der Waals surface area contributed by atoms with Crippen LogP contribution in [0.25, 0.3) is 0 Å². The van der Waals surface area contributed by atoms with Gasteiger partial charge in [0.05, 0.1) is 0 Å². The molecule has 0 aliphatic rings. The van der Waals surface area contributed by atoms with Gasteiger partial charge in [-0.25, -0.2) is 4.98 Å². The molecular weight excluding hydrogens is 429 g/mol. The Morgan fingerprint density at radius 3 is 2.64 bits per heavy atom. The minimum atomic E-state index is -0.0932. The van der Waals surface area contributed by atoms with E-state index in [4.69, 9.17) is 5.73 Å². The molecule has 1 heterocycles. The van der Waals surface area contributed by atoms with Crippen molar-refractivity contribution in [2.75, 3.05) is 18.4 Å². The van der Waals surface area contributed by atoms with Crippen LogP contribution < -0.4 is 16.4 Å². The highest BCUT2D eigenvalue weighted by Gasteiger charge is 2.03. The minimum Gasteiger partial charge on any atom is -0.370 e. The van der Waals surface area contributed by atoms with Crippen LogP contribution in [0.3, 0.4) is 0 Å². The van der Waals surface area contributed by atoms with E-state index in [0.717, 1.165) is 18.7 Å². The van der Waals surface area contributed by atoms with Crippen LogP contribution >= 0.6 is 24.0 Å². The van der Waals surface area contributed by atoms with Gasteiger partial charge in [-0.05, 0) is 25.5 Å². The summed E-state index contributed by atoms with van der Waals surface area (Å²) in [4.78, 5) is 20.3. The van der Waals surface area contributed by atoms with Gasteiger partial charge in [0.1, 0.15) is 5.82 Å². The Morgan fingerprint density at radius 1 is 1.20 bits per heavy atom. The quantitative estimate of drug-likeness (QED) is 0.203. The maximum atomic E-state index is 11.8. The molecule has 0 radical (unpaired) electrons. The maximum absolute atomic E-state index is 11.8. The van der Waals surface area contributed by atoms with Crippen molar-refractivity contribution in [1.82, 2.24) is 10.3 Å². The number of carbonyl (C=O) groups is 1.